The van der Waals surface area contributed by atoms with E-state index in [1.165, 1.54) is 11.3 Å². The molecule has 1 amide bonds. The maximum atomic E-state index is 12.9. The van der Waals surface area contributed by atoms with E-state index in [4.69, 9.17) is 14.6 Å². The molecule has 1 aliphatic carbocycles. The molecule has 1 saturated heterocycles. The van der Waals surface area contributed by atoms with Crippen molar-refractivity contribution in [2.75, 3.05) is 26.9 Å². The van der Waals surface area contributed by atoms with Crippen LogP contribution in [0.2, 0.25) is 0 Å². The van der Waals surface area contributed by atoms with Gasteiger partial charge in [0.05, 0.1) is 42.2 Å². The predicted octanol–water partition coefficient (Wildman–Crippen LogP) is 1.61. The Morgan fingerprint density at radius 1 is 1.57 bits per heavy atom. The Morgan fingerprint density at radius 3 is 3.04 bits per heavy atom. The zero-order chi connectivity index (χ0) is 16.4. The second kappa shape index (κ2) is 6.84. The highest BCUT2D eigenvalue weighted by Gasteiger charge is 2.53. The fourth-order valence-electron chi connectivity index (χ4n) is 3.91. The molecule has 6 nitrogen and oxygen atoms in total. The summed E-state index contributed by atoms with van der Waals surface area (Å²) in [5.74, 6) is 0.0525. The van der Waals surface area contributed by atoms with Gasteiger partial charge in [0.15, 0.2) is 0 Å². The molecule has 0 bridgehead atoms. The van der Waals surface area contributed by atoms with Gasteiger partial charge in [-0.15, -0.1) is 11.3 Å². The van der Waals surface area contributed by atoms with Gasteiger partial charge in [-0.05, 0) is 32.6 Å². The zero-order valence-electron chi connectivity index (χ0n) is 13.7. The maximum Gasteiger partial charge on any atom is 0.266 e. The van der Waals surface area contributed by atoms with E-state index >= 15 is 0 Å². The Hall–Kier alpha value is -1.02. The van der Waals surface area contributed by atoms with Crippen LogP contribution in [0.4, 0.5) is 0 Å². The molecule has 1 aliphatic heterocycles. The van der Waals surface area contributed by atoms with Crippen molar-refractivity contribution in [3.63, 3.8) is 0 Å². The van der Waals surface area contributed by atoms with E-state index in [2.05, 4.69) is 4.98 Å². The number of aryl methyl sites for hydroxylation is 1. The standard InChI is InChI=1S/C16H24N2O4S/c1-11-14(23-10-17-11)15(20)18-6-5-16(21-2)4-3-12(9-13(16)18)22-8-7-19/h10,12-13,19H,3-9H2,1-2H3/t12-,13-,16+/m0/s1. The highest BCUT2D eigenvalue weighted by atomic mass is 32.1. The van der Waals surface area contributed by atoms with E-state index in [1.807, 2.05) is 11.8 Å². The van der Waals surface area contributed by atoms with E-state index in [0.717, 1.165) is 36.3 Å². The number of amides is 1. The molecule has 2 fully saturated rings. The number of methoxy groups -OCH3 is 1. The third-order valence-corrected chi connectivity index (χ3v) is 6.10. The molecule has 2 aliphatic rings. The summed E-state index contributed by atoms with van der Waals surface area (Å²) in [5.41, 5.74) is 2.25. The first-order valence-electron chi connectivity index (χ1n) is 8.10. The van der Waals surface area contributed by atoms with Crippen LogP contribution in [0.5, 0.6) is 0 Å². The Balaban J connectivity index is 1.79. The number of thiazole rings is 1. The summed E-state index contributed by atoms with van der Waals surface area (Å²) in [4.78, 5) is 19.8. The largest absolute Gasteiger partial charge is 0.394 e. The molecule has 1 aromatic rings. The molecule has 0 radical (unpaired) electrons. The molecular formula is C16H24N2O4S. The first-order valence-corrected chi connectivity index (χ1v) is 8.98. The van der Waals surface area contributed by atoms with Crippen molar-refractivity contribution in [3.8, 4) is 0 Å². The van der Waals surface area contributed by atoms with Gasteiger partial charge >= 0.3 is 0 Å². The molecular weight excluding hydrogens is 316 g/mol. The zero-order valence-corrected chi connectivity index (χ0v) is 14.5. The molecule has 23 heavy (non-hydrogen) atoms. The molecule has 1 N–H and O–H groups in total. The normalized spacial score (nSPS) is 30.5. The number of fused-ring (bicyclic) bond motifs is 1. The van der Waals surface area contributed by atoms with Gasteiger partial charge in [-0.3, -0.25) is 4.79 Å². The van der Waals surface area contributed by atoms with Crippen LogP contribution < -0.4 is 0 Å². The van der Waals surface area contributed by atoms with Gasteiger partial charge in [-0.2, -0.15) is 0 Å². The molecule has 1 aromatic heterocycles. The van der Waals surface area contributed by atoms with Crippen molar-refractivity contribution >= 4 is 17.2 Å². The van der Waals surface area contributed by atoms with Crippen LogP contribution in [-0.4, -0.2) is 65.5 Å². The first-order chi connectivity index (χ1) is 11.1. The molecule has 7 heteroatoms. The van der Waals surface area contributed by atoms with E-state index < -0.39 is 0 Å². The lowest BCUT2D eigenvalue weighted by Gasteiger charge is -2.43. The SMILES string of the molecule is CO[C@@]12CC[C@H](OCCO)C[C@@H]1N(C(=O)c1scnc1C)CC2. The number of aliphatic hydroxyl groups excluding tert-OH is 1. The molecule has 3 rings (SSSR count). The van der Waals surface area contributed by atoms with Crippen molar-refractivity contribution in [1.82, 2.24) is 9.88 Å². The van der Waals surface area contributed by atoms with Crippen LogP contribution in [0.15, 0.2) is 5.51 Å². The monoisotopic (exact) mass is 340 g/mol. The topological polar surface area (TPSA) is 71.9 Å². The quantitative estimate of drug-likeness (QED) is 0.882. The van der Waals surface area contributed by atoms with Crippen LogP contribution in [0.3, 0.4) is 0 Å². The molecule has 2 heterocycles. The van der Waals surface area contributed by atoms with Gasteiger partial charge in [-0.25, -0.2) is 4.98 Å². The second-order valence-corrected chi connectivity index (χ2v) is 7.15. The number of ether oxygens (including phenoxy) is 2. The fourth-order valence-corrected chi connectivity index (χ4v) is 4.67. The molecule has 0 unspecified atom stereocenters. The van der Waals surface area contributed by atoms with Crippen LogP contribution in [0.25, 0.3) is 0 Å². The predicted molar refractivity (Wildman–Crippen MR) is 86.7 cm³/mol. The van der Waals surface area contributed by atoms with Crippen molar-refractivity contribution in [2.24, 2.45) is 0 Å². The summed E-state index contributed by atoms with van der Waals surface area (Å²) >= 11 is 1.40. The van der Waals surface area contributed by atoms with Crippen LogP contribution >= 0.6 is 11.3 Å². The number of hydrogen-bond acceptors (Lipinski definition) is 6. The van der Waals surface area contributed by atoms with Crippen molar-refractivity contribution in [3.05, 3.63) is 16.1 Å². The van der Waals surface area contributed by atoms with Gasteiger partial charge in [0, 0.05) is 13.7 Å². The number of nitrogens with zero attached hydrogens (tertiary/aromatic N) is 2. The first kappa shape index (κ1) is 16.8. The van der Waals surface area contributed by atoms with Gasteiger partial charge in [0.2, 0.25) is 0 Å². The van der Waals surface area contributed by atoms with Crippen LogP contribution in [-0.2, 0) is 9.47 Å². The summed E-state index contributed by atoms with van der Waals surface area (Å²) in [6, 6.07) is 0.0268. The molecule has 0 aromatic carbocycles. The highest BCUT2D eigenvalue weighted by Crippen LogP contribution is 2.43. The van der Waals surface area contributed by atoms with E-state index in [-0.39, 0.29) is 30.3 Å². The highest BCUT2D eigenvalue weighted by molar-refractivity contribution is 7.11. The Kier molecular flexibility index (Phi) is 5.01. The number of hydrogen-bond donors (Lipinski definition) is 1. The third-order valence-electron chi connectivity index (χ3n) is 5.19. The third kappa shape index (κ3) is 3.03. The Morgan fingerprint density at radius 2 is 2.39 bits per heavy atom. The van der Waals surface area contributed by atoms with Crippen LogP contribution in [0.1, 0.15) is 41.0 Å². The minimum atomic E-state index is -0.257. The Bertz CT molecular complexity index is 564. The Labute approximate surface area is 140 Å². The smallest absolute Gasteiger partial charge is 0.266 e. The lowest BCUT2D eigenvalue weighted by atomic mass is 9.79. The second-order valence-electron chi connectivity index (χ2n) is 6.29. The van der Waals surface area contributed by atoms with Gasteiger partial charge in [0.25, 0.3) is 5.91 Å². The molecule has 1 saturated carbocycles. The van der Waals surface area contributed by atoms with Crippen LogP contribution in [0, 0.1) is 6.92 Å². The average Bonchev–Trinajstić information content (AvgIpc) is 3.16. The van der Waals surface area contributed by atoms with Gasteiger partial charge in [0.1, 0.15) is 4.88 Å². The lowest BCUT2D eigenvalue weighted by Crippen LogP contribution is -2.53. The summed E-state index contributed by atoms with van der Waals surface area (Å²) in [6.07, 6.45) is 3.50. The molecule has 0 spiro atoms. The van der Waals surface area contributed by atoms with Gasteiger partial charge in [-0.1, -0.05) is 0 Å². The van der Waals surface area contributed by atoms with Crippen molar-refractivity contribution in [1.29, 1.82) is 0 Å². The number of aromatic nitrogens is 1. The number of likely N-dealkylation sites (tertiary alicyclic amines) is 1. The van der Waals surface area contributed by atoms with E-state index in [1.54, 1.807) is 12.6 Å². The maximum absolute atomic E-state index is 12.9. The summed E-state index contributed by atoms with van der Waals surface area (Å²) in [5, 5.41) is 8.96. The molecule has 128 valence electrons. The lowest BCUT2D eigenvalue weighted by molar-refractivity contribution is -0.0991. The van der Waals surface area contributed by atoms with Crippen molar-refractivity contribution < 1.29 is 19.4 Å². The number of aliphatic hydroxyl groups is 1. The van der Waals surface area contributed by atoms with Gasteiger partial charge < -0.3 is 19.5 Å². The number of carbonyl (C=O) groups is 1. The van der Waals surface area contributed by atoms with E-state index in [9.17, 15) is 4.79 Å². The minimum Gasteiger partial charge on any atom is -0.394 e. The molecule has 3 atom stereocenters. The minimum absolute atomic E-state index is 0.0268. The number of carbonyl (C=O) groups excluding carboxylic acids is 1. The van der Waals surface area contributed by atoms with Crippen molar-refractivity contribution in [2.45, 2.75) is 50.4 Å². The van der Waals surface area contributed by atoms with E-state index in [0.29, 0.717) is 13.2 Å². The fraction of sp³-hybridized carbons (Fsp3) is 0.750. The average molecular weight is 340 g/mol. The summed E-state index contributed by atoms with van der Waals surface area (Å²) in [7, 11) is 1.74. The summed E-state index contributed by atoms with van der Waals surface area (Å²) in [6.45, 7) is 2.96. The number of rotatable bonds is 5. The summed E-state index contributed by atoms with van der Waals surface area (Å²) < 4.78 is 11.6.